The molecule has 0 radical (unpaired) electrons. The molecule has 0 spiro atoms. The normalized spacial score (nSPS) is 13.8. The zero-order valence-corrected chi connectivity index (χ0v) is 19.0. The first-order valence-corrected chi connectivity index (χ1v) is 10.8. The van der Waals surface area contributed by atoms with Gasteiger partial charge in [0.15, 0.2) is 24.0 Å². The summed E-state index contributed by atoms with van der Waals surface area (Å²) in [4.78, 5) is 46.4. The van der Waals surface area contributed by atoms with Crippen LogP contribution in [0.1, 0.15) is 12.8 Å². The fraction of sp³-hybridized carbons (Fsp3) is 0.318. The first-order valence-electron chi connectivity index (χ1n) is 10.4. The topological polar surface area (TPSA) is 118 Å². The van der Waals surface area contributed by atoms with Crippen molar-refractivity contribution in [2.24, 2.45) is 7.05 Å². The highest BCUT2D eigenvalue weighted by Gasteiger charge is 2.20. The van der Waals surface area contributed by atoms with Crippen LogP contribution in [-0.2, 0) is 16.6 Å². The van der Waals surface area contributed by atoms with E-state index in [9.17, 15) is 14.4 Å². The molecule has 1 saturated heterocycles. The zero-order valence-electron chi connectivity index (χ0n) is 18.2. The number of Topliss-reactive ketones (excluding diaryl/α,β-unsaturated/α-hetero) is 1. The van der Waals surface area contributed by atoms with E-state index in [0.717, 1.165) is 11.8 Å². The molecule has 10 nitrogen and oxygen atoms in total. The van der Waals surface area contributed by atoms with Crippen molar-refractivity contribution in [1.82, 2.24) is 19.9 Å². The summed E-state index contributed by atoms with van der Waals surface area (Å²) in [5.74, 6) is 0.729. The van der Waals surface area contributed by atoms with Crippen LogP contribution in [0.5, 0.6) is 5.75 Å². The third-order valence-electron chi connectivity index (χ3n) is 5.36. The second-order valence-electron chi connectivity index (χ2n) is 7.66. The first-order chi connectivity index (χ1) is 15.9. The number of ketones is 1. The second kappa shape index (κ2) is 9.45. The molecule has 3 aromatic rings. The Balaban J connectivity index is 1.63. The van der Waals surface area contributed by atoms with Crippen LogP contribution < -0.4 is 25.8 Å². The molecule has 0 aliphatic carbocycles. The van der Waals surface area contributed by atoms with Crippen molar-refractivity contribution in [3.05, 3.63) is 45.8 Å². The molecule has 4 rings (SSSR count). The van der Waals surface area contributed by atoms with Gasteiger partial charge in [0.1, 0.15) is 5.02 Å². The van der Waals surface area contributed by atoms with Gasteiger partial charge in [-0.15, -0.1) is 0 Å². The smallest absolute Gasteiger partial charge is 0.293 e. The Labute approximate surface area is 194 Å². The summed E-state index contributed by atoms with van der Waals surface area (Å²) in [6, 6.07) is 7.01. The molecule has 1 aliphatic heterocycles. The highest BCUT2D eigenvalue weighted by molar-refractivity contribution is 6.32. The van der Waals surface area contributed by atoms with Crippen molar-refractivity contribution in [1.29, 1.82) is 0 Å². The maximum Gasteiger partial charge on any atom is 0.293 e. The SMILES string of the molecule is CNC(=O)COc1cc2cc(Nc3nc(N4CCCC(=O)C4)ncc3Cl)ccc2n(C)c1=O. The number of pyridine rings is 1. The van der Waals surface area contributed by atoms with E-state index in [1.54, 1.807) is 25.2 Å². The molecule has 1 fully saturated rings. The van der Waals surface area contributed by atoms with Crippen LogP contribution in [0.2, 0.25) is 5.02 Å². The van der Waals surface area contributed by atoms with E-state index in [1.165, 1.54) is 17.8 Å². The van der Waals surface area contributed by atoms with Gasteiger partial charge in [0, 0.05) is 38.1 Å². The summed E-state index contributed by atoms with van der Waals surface area (Å²) in [5.41, 5.74) is 1.03. The Morgan fingerprint density at radius 3 is 2.85 bits per heavy atom. The van der Waals surface area contributed by atoms with E-state index in [0.29, 0.717) is 41.0 Å². The number of aromatic nitrogens is 3. The number of fused-ring (bicyclic) bond motifs is 1. The Bertz CT molecular complexity index is 1290. The minimum Gasteiger partial charge on any atom is -0.478 e. The quantitative estimate of drug-likeness (QED) is 0.561. The van der Waals surface area contributed by atoms with E-state index < -0.39 is 0 Å². The van der Waals surface area contributed by atoms with Gasteiger partial charge in [-0.25, -0.2) is 4.98 Å². The van der Waals surface area contributed by atoms with Crippen LogP contribution in [-0.4, -0.2) is 53.0 Å². The van der Waals surface area contributed by atoms with Crippen LogP contribution in [0.4, 0.5) is 17.5 Å². The summed E-state index contributed by atoms with van der Waals surface area (Å²) in [7, 11) is 3.13. The molecule has 0 saturated carbocycles. The van der Waals surface area contributed by atoms with Gasteiger partial charge in [0.2, 0.25) is 5.95 Å². The molecule has 3 heterocycles. The number of nitrogens with zero attached hydrogens (tertiary/aromatic N) is 4. The van der Waals surface area contributed by atoms with Crippen molar-refractivity contribution >= 4 is 51.6 Å². The number of anilines is 3. The molecule has 0 unspecified atom stereocenters. The monoisotopic (exact) mass is 470 g/mol. The average molecular weight is 471 g/mol. The first kappa shape index (κ1) is 22.5. The molecule has 11 heteroatoms. The van der Waals surface area contributed by atoms with Gasteiger partial charge in [-0.1, -0.05) is 11.6 Å². The van der Waals surface area contributed by atoms with Gasteiger partial charge in [-0.05, 0) is 30.7 Å². The number of hydrogen-bond acceptors (Lipinski definition) is 8. The maximum absolute atomic E-state index is 12.5. The Kier molecular flexibility index (Phi) is 6.45. The van der Waals surface area contributed by atoms with E-state index in [1.807, 2.05) is 11.0 Å². The van der Waals surface area contributed by atoms with Crippen molar-refractivity contribution in [3.63, 3.8) is 0 Å². The Hall–Kier alpha value is -3.66. The predicted octanol–water partition coefficient (Wildman–Crippen LogP) is 2.02. The largest absolute Gasteiger partial charge is 0.478 e. The van der Waals surface area contributed by atoms with E-state index >= 15 is 0 Å². The van der Waals surface area contributed by atoms with E-state index in [-0.39, 0.29) is 36.2 Å². The summed E-state index contributed by atoms with van der Waals surface area (Å²) in [6.07, 6.45) is 2.84. The number of rotatable bonds is 6. The lowest BCUT2D eigenvalue weighted by molar-refractivity contribution is -0.122. The number of carbonyl (C=O) groups excluding carboxylic acids is 2. The highest BCUT2D eigenvalue weighted by atomic mass is 35.5. The Morgan fingerprint density at radius 1 is 1.27 bits per heavy atom. The van der Waals surface area contributed by atoms with Crippen molar-refractivity contribution in [3.8, 4) is 5.75 Å². The predicted molar refractivity (Wildman–Crippen MR) is 126 cm³/mol. The number of piperidine rings is 1. The molecular weight excluding hydrogens is 448 g/mol. The lowest BCUT2D eigenvalue weighted by Crippen LogP contribution is -2.36. The fourth-order valence-corrected chi connectivity index (χ4v) is 3.73. The maximum atomic E-state index is 12.5. The summed E-state index contributed by atoms with van der Waals surface area (Å²) < 4.78 is 6.87. The number of halogens is 1. The summed E-state index contributed by atoms with van der Waals surface area (Å²) >= 11 is 6.31. The van der Waals surface area contributed by atoms with Crippen LogP contribution >= 0.6 is 11.6 Å². The summed E-state index contributed by atoms with van der Waals surface area (Å²) in [6.45, 7) is 0.729. The van der Waals surface area contributed by atoms with Gasteiger partial charge in [-0.2, -0.15) is 4.98 Å². The third kappa shape index (κ3) is 4.90. The van der Waals surface area contributed by atoms with E-state index in [4.69, 9.17) is 16.3 Å². The number of benzene rings is 1. The standard InChI is InChI=1S/C22H23ClN6O4/c1-24-19(31)12-33-18-9-13-8-14(5-6-17(13)28(2)21(18)32)26-20-16(23)10-25-22(27-20)29-7-3-4-15(30)11-29/h5-6,8-10H,3-4,7,11-12H2,1-2H3,(H,24,31)(H,25,26,27). The van der Waals surface area contributed by atoms with Gasteiger partial charge >= 0.3 is 0 Å². The summed E-state index contributed by atoms with van der Waals surface area (Å²) in [5, 5.41) is 6.68. The van der Waals surface area contributed by atoms with Gasteiger partial charge in [0.05, 0.1) is 18.3 Å². The molecule has 0 atom stereocenters. The number of ether oxygens (including phenoxy) is 1. The molecule has 1 aromatic carbocycles. The number of likely N-dealkylation sites (N-methyl/N-ethyl adjacent to an activating group) is 1. The molecule has 33 heavy (non-hydrogen) atoms. The average Bonchev–Trinajstić information content (AvgIpc) is 2.81. The molecule has 1 aliphatic rings. The van der Waals surface area contributed by atoms with Gasteiger partial charge in [0.25, 0.3) is 11.5 Å². The lowest BCUT2D eigenvalue weighted by Gasteiger charge is -2.26. The van der Waals surface area contributed by atoms with Crippen LogP contribution in [0.3, 0.4) is 0 Å². The zero-order chi connectivity index (χ0) is 23.5. The van der Waals surface area contributed by atoms with Gasteiger partial charge < -0.3 is 24.8 Å². The number of carbonyl (C=O) groups is 2. The minimum atomic E-state index is -0.341. The van der Waals surface area contributed by atoms with Crippen LogP contribution in [0.25, 0.3) is 10.9 Å². The third-order valence-corrected chi connectivity index (χ3v) is 5.63. The number of amides is 1. The van der Waals surface area contributed by atoms with Crippen molar-refractivity contribution in [2.45, 2.75) is 12.8 Å². The van der Waals surface area contributed by atoms with Crippen molar-refractivity contribution in [2.75, 3.05) is 37.0 Å². The second-order valence-corrected chi connectivity index (χ2v) is 8.07. The molecule has 0 bridgehead atoms. The molecular formula is C22H23ClN6O4. The molecule has 2 aromatic heterocycles. The molecule has 172 valence electrons. The number of nitrogens with one attached hydrogen (secondary N) is 2. The van der Waals surface area contributed by atoms with Crippen molar-refractivity contribution < 1.29 is 14.3 Å². The number of hydrogen-bond donors (Lipinski definition) is 2. The van der Waals surface area contributed by atoms with Gasteiger partial charge in [-0.3, -0.25) is 14.4 Å². The van der Waals surface area contributed by atoms with Crippen LogP contribution in [0.15, 0.2) is 35.3 Å². The fourth-order valence-electron chi connectivity index (χ4n) is 3.59. The number of aryl methyl sites for hydroxylation is 1. The highest BCUT2D eigenvalue weighted by Crippen LogP contribution is 2.28. The molecule has 1 amide bonds. The van der Waals surface area contributed by atoms with Crippen LogP contribution in [0, 0.1) is 0 Å². The lowest BCUT2D eigenvalue weighted by atomic mass is 10.1. The van der Waals surface area contributed by atoms with E-state index in [2.05, 4.69) is 20.6 Å². The minimum absolute atomic E-state index is 0.0721. The molecule has 2 N–H and O–H groups in total. The Morgan fingerprint density at radius 2 is 2.09 bits per heavy atom.